The smallest absolute Gasteiger partial charge is 0.128 e. The van der Waals surface area contributed by atoms with E-state index in [1.54, 1.807) is 0 Å². The van der Waals surface area contributed by atoms with Crippen LogP contribution >= 0.6 is 11.8 Å². The molecule has 0 bridgehead atoms. The van der Waals surface area contributed by atoms with Gasteiger partial charge in [-0.15, -0.1) is 0 Å². The molecule has 1 heterocycles. The highest BCUT2D eigenvalue weighted by atomic mass is 32.2. The van der Waals surface area contributed by atoms with Crippen molar-refractivity contribution in [2.24, 2.45) is 0 Å². The SMILES string of the molecule is CNCc1ccc(N(C)CCSC)nc1C. The zero-order chi connectivity index (χ0) is 12.0. The molecule has 16 heavy (non-hydrogen) atoms. The van der Waals surface area contributed by atoms with Gasteiger partial charge in [0.2, 0.25) is 0 Å². The molecule has 0 amide bonds. The average molecular weight is 239 g/mol. The molecule has 0 aliphatic rings. The lowest BCUT2D eigenvalue weighted by Gasteiger charge is -2.18. The Hall–Kier alpha value is -0.740. The average Bonchev–Trinajstić information content (AvgIpc) is 2.29. The molecule has 1 rings (SSSR count). The normalized spacial score (nSPS) is 10.5. The molecule has 1 N–H and O–H groups in total. The van der Waals surface area contributed by atoms with Gasteiger partial charge in [0.25, 0.3) is 0 Å². The summed E-state index contributed by atoms with van der Waals surface area (Å²) in [6.45, 7) is 3.99. The van der Waals surface area contributed by atoms with Gasteiger partial charge in [-0.25, -0.2) is 4.98 Å². The molecule has 1 aromatic heterocycles. The summed E-state index contributed by atoms with van der Waals surface area (Å²) < 4.78 is 0. The van der Waals surface area contributed by atoms with E-state index in [4.69, 9.17) is 0 Å². The molecule has 0 saturated carbocycles. The maximum Gasteiger partial charge on any atom is 0.128 e. The predicted octanol–water partition coefficient (Wildman–Crippen LogP) is 1.91. The van der Waals surface area contributed by atoms with Crippen LogP contribution < -0.4 is 10.2 Å². The highest BCUT2D eigenvalue weighted by molar-refractivity contribution is 7.98. The van der Waals surface area contributed by atoms with Gasteiger partial charge < -0.3 is 10.2 Å². The summed E-state index contributed by atoms with van der Waals surface area (Å²) >= 11 is 1.86. The van der Waals surface area contributed by atoms with Gasteiger partial charge in [-0.2, -0.15) is 11.8 Å². The third kappa shape index (κ3) is 3.68. The van der Waals surface area contributed by atoms with Crippen LogP contribution in [0.1, 0.15) is 11.3 Å². The first-order chi connectivity index (χ1) is 7.69. The lowest BCUT2D eigenvalue weighted by atomic mass is 10.2. The molecule has 0 atom stereocenters. The fourth-order valence-corrected chi connectivity index (χ4v) is 1.97. The largest absolute Gasteiger partial charge is 0.359 e. The van der Waals surface area contributed by atoms with Crippen LogP contribution in [0.2, 0.25) is 0 Å². The topological polar surface area (TPSA) is 28.2 Å². The van der Waals surface area contributed by atoms with Crippen molar-refractivity contribution in [1.82, 2.24) is 10.3 Å². The number of aromatic nitrogens is 1. The number of thioether (sulfide) groups is 1. The molecule has 0 fully saturated rings. The Morgan fingerprint density at radius 2 is 2.19 bits per heavy atom. The van der Waals surface area contributed by atoms with E-state index in [1.807, 2.05) is 18.8 Å². The second-order valence-electron chi connectivity index (χ2n) is 3.86. The third-order valence-corrected chi connectivity index (χ3v) is 3.16. The predicted molar refractivity (Wildman–Crippen MR) is 73.4 cm³/mol. The summed E-state index contributed by atoms with van der Waals surface area (Å²) in [5, 5.41) is 3.15. The van der Waals surface area contributed by atoms with Crippen molar-refractivity contribution in [2.45, 2.75) is 13.5 Å². The number of rotatable bonds is 6. The van der Waals surface area contributed by atoms with Crippen LogP contribution in [-0.4, -0.2) is 37.6 Å². The van der Waals surface area contributed by atoms with Crippen LogP contribution in [0.3, 0.4) is 0 Å². The van der Waals surface area contributed by atoms with Crippen LogP contribution in [0.25, 0.3) is 0 Å². The summed E-state index contributed by atoms with van der Waals surface area (Å²) in [6, 6.07) is 4.25. The van der Waals surface area contributed by atoms with Crippen molar-refractivity contribution in [3.63, 3.8) is 0 Å². The molecule has 0 spiro atoms. The molecule has 0 radical (unpaired) electrons. The van der Waals surface area contributed by atoms with Crippen molar-refractivity contribution in [1.29, 1.82) is 0 Å². The minimum atomic E-state index is 0.883. The fourth-order valence-electron chi connectivity index (χ4n) is 1.51. The molecule has 0 aliphatic carbocycles. The Morgan fingerprint density at radius 1 is 1.44 bits per heavy atom. The monoisotopic (exact) mass is 239 g/mol. The number of nitrogens with zero attached hydrogens (tertiary/aromatic N) is 2. The summed E-state index contributed by atoms with van der Waals surface area (Å²) in [5.41, 5.74) is 2.38. The van der Waals surface area contributed by atoms with Crippen LogP contribution in [-0.2, 0) is 6.54 Å². The molecular formula is C12H21N3S. The van der Waals surface area contributed by atoms with Gasteiger partial charge in [-0.05, 0) is 31.9 Å². The molecule has 0 unspecified atom stereocenters. The van der Waals surface area contributed by atoms with E-state index in [1.165, 1.54) is 5.56 Å². The summed E-state index contributed by atoms with van der Waals surface area (Å²) in [4.78, 5) is 6.82. The van der Waals surface area contributed by atoms with E-state index in [0.29, 0.717) is 0 Å². The van der Waals surface area contributed by atoms with Crippen LogP contribution in [0.4, 0.5) is 5.82 Å². The van der Waals surface area contributed by atoms with Crippen molar-refractivity contribution >= 4 is 17.6 Å². The first-order valence-corrected chi connectivity index (χ1v) is 6.89. The molecule has 1 aromatic rings. The van der Waals surface area contributed by atoms with Gasteiger partial charge in [0.15, 0.2) is 0 Å². The molecule has 90 valence electrons. The zero-order valence-corrected chi connectivity index (χ0v) is 11.4. The van der Waals surface area contributed by atoms with Crippen LogP contribution in [0.15, 0.2) is 12.1 Å². The van der Waals surface area contributed by atoms with Crippen molar-refractivity contribution in [3.8, 4) is 0 Å². The van der Waals surface area contributed by atoms with Crippen molar-refractivity contribution in [3.05, 3.63) is 23.4 Å². The van der Waals surface area contributed by atoms with E-state index in [-0.39, 0.29) is 0 Å². The summed E-state index contributed by atoms with van der Waals surface area (Å²) in [5.74, 6) is 2.20. The number of hydrogen-bond donors (Lipinski definition) is 1. The highest BCUT2D eigenvalue weighted by Gasteiger charge is 2.04. The van der Waals surface area contributed by atoms with Crippen molar-refractivity contribution < 1.29 is 0 Å². The second-order valence-corrected chi connectivity index (χ2v) is 4.84. The van der Waals surface area contributed by atoms with Gasteiger partial charge in [-0.3, -0.25) is 0 Å². The van der Waals surface area contributed by atoms with Crippen LogP contribution in [0, 0.1) is 6.92 Å². The molecule has 4 heteroatoms. The van der Waals surface area contributed by atoms with E-state index < -0.39 is 0 Å². The fraction of sp³-hybridized carbons (Fsp3) is 0.583. The van der Waals surface area contributed by atoms with E-state index in [0.717, 1.165) is 30.4 Å². The minimum absolute atomic E-state index is 0.883. The van der Waals surface area contributed by atoms with Gasteiger partial charge in [0.05, 0.1) is 0 Å². The number of anilines is 1. The number of pyridine rings is 1. The van der Waals surface area contributed by atoms with E-state index in [2.05, 4.69) is 47.6 Å². The Morgan fingerprint density at radius 3 is 2.75 bits per heavy atom. The first-order valence-electron chi connectivity index (χ1n) is 5.50. The molecular weight excluding hydrogens is 218 g/mol. The molecule has 0 saturated heterocycles. The summed E-state index contributed by atoms with van der Waals surface area (Å²) in [6.07, 6.45) is 2.13. The maximum atomic E-state index is 4.62. The van der Waals surface area contributed by atoms with Crippen molar-refractivity contribution in [2.75, 3.05) is 37.5 Å². The molecule has 0 aromatic carbocycles. The zero-order valence-electron chi connectivity index (χ0n) is 10.6. The third-order valence-electron chi connectivity index (χ3n) is 2.57. The van der Waals surface area contributed by atoms with E-state index >= 15 is 0 Å². The standard InChI is InChI=1S/C12H21N3S/c1-10-11(9-13-2)5-6-12(14-10)15(3)7-8-16-4/h5-6,13H,7-9H2,1-4H3. The number of nitrogens with one attached hydrogen (secondary N) is 1. The quantitative estimate of drug-likeness (QED) is 0.821. The molecule has 3 nitrogen and oxygen atoms in total. The Labute approximate surface area is 103 Å². The van der Waals surface area contributed by atoms with Crippen LogP contribution in [0.5, 0.6) is 0 Å². The Balaban J connectivity index is 2.71. The first kappa shape index (κ1) is 13.3. The van der Waals surface area contributed by atoms with Gasteiger partial charge in [-0.1, -0.05) is 6.07 Å². The van der Waals surface area contributed by atoms with E-state index in [9.17, 15) is 0 Å². The highest BCUT2D eigenvalue weighted by Crippen LogP contribution is 2.13. The number of aryl methyl sites for hydroxylation is 1. The number of hydrogen-bond acceptors (Lipinski definition) is 4. The Bertz CT molecular complexity index is 328. The van der Waals surface area contributed by atoms with Gasteiger partial charge in [0.1, 0.15) is 5.82 Å². The lowest BCUT2D eigenvalue weighted by molar-refractivity contribution is 0.802. The van der Waals surface area contributed by atoms with Gasteiger partial charge >= 0.3 is 0 Å². The molecule has 0 aliphatic heterocycles. The minimum Gasteiger partial charge on any atom is -0.359 e. The van der Waals surface area contributed by atoms with Gasteiger partial charge in [0, 0.05) is 31.6 Å². The second kappa shape index (κ2) is 6.76. The summed E-state index contributed by atoms with van der Waals surface area (Å²) in [7, 11) is 4.05. The lowest BCUT2D eigenvalue weighted by Crippen LogP contribution is -2.22. The maximum absolute atomic E-state index is 4.62. The Kier molecular flexibility index (Phi) is 5.63.